The molecule has 2 aliphatic rings. The van der Waals surface area contributed by atoms with Crippen LogP contribution in [0.2, 0.25) is 0 Å². The van der Waals surface area contributed by atoms with Crippen molar-refractivity contribution in [3.05, 3.63) is 102 Å². The second-order valence-electron chi connectivity index (χ2n) is 7.52. The molecule has 0 spiro atoms. The predicted octanol–water partition coefficient (Wildman–Crippen LogP) is 4.47. The minimum Gasteiger partial charge on any atom is -0.379 e. The number of rotatable bonds is 5. The van der Waals surface area contributed by atoms with Crippen LogP contribution in [0.3, 0.4) is 0 Å². The average molecular weight is 393 g/mol. The third kappa shape index (κ3) is 3.62. The van der Waals surface area contributed by atoms with Crippen molar-refractivity contribution in [1.82, 2.24) is 10.3 Å². The number of hydrogen-bond acceptors (Lipinski definition) is 5. The lowest BCUT2D eigenvalue weighted by Gasteiger charge is -2.21. The van der Waals surface area contributed by atoms with Gasteiger partial charge in [0.1, 0.15) is 17.9 Å². The molecule has 0 aliphatic carbocycles. The van der Waals surface area contributed by atoms with Gasteiger partial charge in [0.2, 0.25) is 0 Å². The molecule has 2 aromatic carbocycles. The fraction of sp³-hybridized carbons (Fsp3) is 0.160. The summed E-state index contributed by atoms with van der Waals surface area (Å²) in [5.74, 6) is 0. The van der Waals surface area contributed by atoms with E-state index in [-0.39, 0.29) is 18.2 Å². The largest absolute Gasteiger partial charge is 0.379 e. The van der Waals surface area contributed by atoms with E-state index in [4.69, 9.17) is 4.99 Å². The molecule has 2 aliphatic heterocycles. The van der Waals surface area contributed by atoms with Crippen molar-refractivity contribution in [1.29, 1.82) is 0 Å². The lowest BCUT2D eigenvalue weighted by atomic mass is 9.98. The summed E-state index contributed by atoms with van der Waals surface area (Å²) in [7, 11) is 0. The predicted molar refractivity (Wildman–Crippen MR) is 123 cm³/mol. The van der Waals surface area contributed by atoms with Crippen molar-refractivity contribution < 1.29 is 0 Å². The Morgan fingerprint density at radius 2 is 1.83 bits per heavy atom. The van der Waals surface area contributed by atoms with Crippen LogP contribution in [0.5, 0.6) is 0 Å². The molecule has 0 bridgehead atoms. The maximum Gasteiger partial charge on any atom is 0.145 e. The van der Waals surface area contributed by atoms with Gasteiger partial charge >= 0.3 is 0 Å². The maximum absolute atomic E-state index is 4.96. The highest BCUT2D eigenvalue weighted by atomic mass is 15.2. The molecule has 0 saturated heterocycles. The van der Waals surface area contributed by atoms with Gasteiger partial charge in [0.05, 0.1) is 11.9 Å². The Morgan fingerprint density at radius 1 is 0.967 bits per heavy atom. The fourth-order valence-electron chi connectivity index (χ4n) is 3.88. The Kier molecular flexibility index (Phi) is 4.85. The monoisotopic (exact) mass is 393 g/mol. The quantitative estimate of drug-likeness (QED) is 0.672. The van der Waals surface area contributed by atoms with Gasteiger partial charge in [0.15, 0.2) is 0 Å². The summed E-state index contributed by atoms with van der Waals surface area (Å²) < 4.78 is 0. The lowest BCUT2D eigenvalue weighted by molar-refractivity contribution is 0.595. The molecule has 5 rings (SSSR count). The van der Waals surface area contributed by atoms with E-state index in [1.807, 2.05) is 36.7 Å². The van der Waals surface area contributed by atoms with Gasteiger partial charge in [-0.05, 0) is 42.3 Å². The first-order valence-corrected chi connectivity index (χ1v) is 10.2. The van der Waals surface area contributed by atoms with Crippen LogP contribution in [-0.4, -0.2) is 29.1 Å². The van der Waals surface area contributed by atoms with Gasteiger partial charge in [0, 0.05) is 29.7 Å². The molecule has 2 N–H and O–H groups in total. The number of anilines is 1. The van der Waals surface area contributed by atoms with Crippen LogP contribution < -0.4 is 10.6 Å². The maximum atomic E-state index is 4.96. The number of fused-ring (bicyclic) bond motifs is 1. The molecule has 2 unspecified atom stereocenters. The second kappa shape index (κ2) is 7.95. The highest BCUT2D eigenvalue weighted by molar-refractivity contribution is 6.38. The van der Waals surface area contributed by atoms with Gasteiger partial charge in [-0.2, -0.15) is 0 Å². The first-order chi connectivity index (χ1) is 14.8. The fourth-order valence-corrected chi connectivity index (χ4v) is 3.88. The van der Waals surface area contributed by atoms with Crippen LogP contribution in [0.4, 0.5) is 5.69 Å². The summed E-state index contributed by atoms with van der Waals surface area (Å²) in [6, 6.07) is 25.0. The van der Waals surface area contributed by atoms with Crippen LogP contribution in [0.15, 0.2) is 95.2 Å². The molecule has 1 aromatic heterocycles. The van der Waals surface area contributed by atoms with Crippen LogP contribution in [0, 0.1) is 0 Å². The Bertz CT molecular complexity index is 1120. The summed E-state index contributed by atoms with van der Waals surface area (Å²) in [6.45, 7) is 2.17. The van der Waals surface area contributed by atoms with Crippen LogP contribution in [0.1, 0.15) is 29.8 Å². The number of aliphatic imine (C=N–C) groups is 2. The first kappa shape index (κ1) is 18.3. The summed E-state index contributed by atoms with van der Waals surface area (Å²) in [5, 5.41) is 6.96. The number of nitrogens with zero attached hydrogens (tertiary/aromatic N) is 3. The zero-order chi connectivity index (χ0) is 20.3. The van der Waals surface area contributed by atoms with E-state index >= 15 is 0 Å². The Balaban J connectivity index is 1.39. The molecule has 148 valence electrons. The number of benzene rings is 2. The number of nitrogens with one attached hydrogen (secondary N) is 2. The first-order valence-electron chi connectivity index (χ1n) is 10.2. The van der Waals surface area contributed by atoms with Gasteiger partial charge in [-0.3, -0.25) is 15.0 Å². The third-order valence-electron chi connectivity index (χ3n) is 5.47. The number of aromatic nitrogens is 1. The smallest absolute Gasteiger partial charge is 0.145 e. The van der Waals surface area contributed by atoms with Gasteiger partial charge in [-0.1, -0.05) is 48.5 Å². The van der Waals surface area contributed by atoms with E-state index in [0.29, 0.717) is 0 Å². The van der Waals surface area contributed by atoms with E-state index in [0.717, 1.165) is 28.2 Å². The lowest BCUT2D eigenvalue weighted by Crippen LogP contribution is -2.33. The molecule has 30 heavy (non-hydrogen) atoms. The molecule has 5 heteroatoms. The number of pyridine rings is 1. The van der Waals surface area contributed by atoms with Crippen molar-refractivity contribution in [3.63, 3.8) is 0 Å². The Labute approximate surface area is 176 Å². The topological polar surface area (TPSA) is 61.7 Å². The van der Waals surface area contributed by atoms with Gasteiger partial charge in [-0.15, -0.1) is 0 Å². The summed E-state index contributed by atoms with van der Waals surface area (Å²) in [5.41, 5.74) is 6.29. The van der Waals surface area contributed by atoms with E-state index in [2.05, 4.69) is 76.1 Å². The zero-order valence-electron chi connectivity index (χ0n) is 16.7. The van der Waals surface area contributed by atoms with E-state index < -0.39 is 0 Å². The van der Waals surface area contributed by atoms with Crippen LogP contribution in [-0.2, 0) is 0 Å². The minimum atomic E-state index is -0.0627. The van der Waals surface area contributed by atoms with Crippen molar-refractivity contribution in [3.8, 4) is 0 Å². The molecule has 0 amide bonds. The molecule has 5 nitrogen and oxygen atoms in total. The zero-order valence-corrected chi connectivity index (χ0v) is 16.7. The van der Waals surface area contributed by atoms with Crippen LogP contribution in [0.25, 0.3) is 5.57 Å². The average Bonchev–Trinajstić information content (AvgIpc) is 3.24. The van der Waals surface area contributed by atoms with Crippen molar-refractivity contribution >= 4 is 23.2 Å². The minimum absolute atomic E-state index is 0.0613. The summed E-state index contributed by atoms with van der Waals surface area (Å²) in [6.07, 6.45) is 5.57. The highest BCUT2D eigenvalue weighted by Gasteiger charge is 2.32. The van der Waals surface area contributed by atoms with Crippen molar-refractivity contribution in [2.75, 3.05) is 5.32 Å². The molecule has 3 atom stereocenters. The third-order valence-corrected chi connectivity index (χ3v) is 5.47. The SMILES string of the molecule is C[C@H](Nc1cccc(C2=CNC3N=CC(c4ccccn4)=NC23)c1)c1ccccc1. The normalized spacial score (nSPS) is 20.6. The second-order valence-corrected chi connectivity index (χ2v) is 7.52. The molecular formula is C25H23N5. The summed E-state index contributed by atoms with van der Waals surface area (Å²) in [4.78, 5) is 14.0. The highest BCUT2D eigenvalue weighted by Crippen LogP contribution is 2.31. The molecule has 0 saturated carbocycles. The standard InChI is InChI=1S/C25H23N5/c1-17(18-8-3-2-4-9-18)29-20-11-7-10-19(14-20)21-15-27-25-24(21)30-23(16-28-25)22-12-5-6-13-26-22/h2-17,24-25,27,29H,1H3/t17-,24?,25?/m0/s1. The Morgan fingerprint density at radius 3 is 2.67 bits per heavy atom. The molecule has 3 aromatic rings. The van der Waals surface area contributed by atoms with Crippen molar-refractivity contribution in [2.45, 2.75) is 25.2 Å². The van der Waals surface area contributed by atoms with Gasteiger partial charge in [-0.25, -0.2) is 0 Å². The number of hydrogen-bond donors (Lipinski definition) is 2. The molecule has 0 fully saturated rings. The molecular weight excluding hydrogens is 370 g/mol. The Hall–Kier alpha value is -3.73. The van der Waals surface area contributed by atoms with Crippen molar-refractivity contribution in [2.24, 2.45) is 9.98 Å². The summed E-state index contributed by atoms with van der Waals surface area (Å²) >= 11 is 0. The van der Waals surface area contributed by atoms with Crippen LogP contribution >= 0.6 is 0 Å². The van der Waals surface area contributed by atoms with Gasteiger partial charge in [0.25, 0.3) is 0 Å². The van der Waals surface area contributed by atoms with Gasteiger partial charge < -0.3 is 10.6 Å². The molecule has 0 radical (unpaired) electrons. The molecule has 3 heterocycles. The van der Waals surface area contributed by atoms with E-state index in [1.54, 1.807) is 6.20 Å². The van der Waals surface area contributed by atoms with E-state index in [9.17, 15) is 0 Å². The van der Waals surface area contributed by atoms with E-state index in [1.165, 1.54) is 5.56 Å².